The van der Waals surface area contributed by atoms with Gasteiger partial charge in [-0.1, -0.05) is 118 Å². The number of unbranched alkanes of at least 4 members (excludes halogenated alkanes) is 4. The van der Waals surface area contributed by atoms with Gasteiger partial charge < -0.3 is 15.3 Å². The number of rotatable bonds is 16. The van der Waals surface area contributed by atoms with E-state index in [1.54, 1.807) is 53.4 Å². The monoisotopic (exact) mass is 590 g/mol. The number of benzene rings is 4. The van der Waals surface area contributed by atoms with Crippen molar-refractivity contribution in [2.75, 3.05) is 12.4 Å². The number of hydrogen-bond donors (Lipinski definition) is 2. The minimum atomic E-state index is -0.997. The highest BCUT2D eigenvalue weighted by Gasteiger charge is 2.21. The molecule has 6 heteroatoms. The van der Waals surface area contributed by atoms with E-state index >= 15 is 0 Å². The molecule has 2 N–H and O–H groups in total. The van der Waals surface area contributed by atoms with Crippen LogP contribution in [0.1, 0.15) is 72.5 Å². The van der Waals surface area contributed by atoms with Crippen molar-refractivity contribution in [3.05, 3.63) is 125 Å². The van der Waals surface area contributed by atoms with Crippen LogP contribution in [0.4, 0.5) is 5.69 Å². The van der Waals surface area contributed by atoms with E-state index in [0.717, 1.165) is 35.1 Å². The Bertz CT molecular complexity index is 1530. The van der Waals surface area contributed by atoms with Gasteiger partial charge in [0.15, 0.2) is 5.78 Å². The van der Waals surface area contributed by atoms with Crippen LogP contribution in [0, 0.1) is 0 Å². The Morgan fingerprint density at radius 3 is 2.18 bits per heavy atom. The third kappa shape index (κ3) is 9.14. The van der Waals surface area contributed by atoms with Gasteiger partial charge in [0.25, 0.3) is 0 Å². The van der Waals surface area contributed by atoms with Crippen LogP contribution >= 0.6 is 0 Å². The number of amides is 1. The molecule has 44 heavy (non-hydrogen) atoms. The molecule has 4 aromatic rings. The lowest BCUT2D eigenvalue weighted by molar-refractivity contribution is -0.138. The first-order valence-electron chi connectivity index (χ1n) is 15.5. The SMILES string of the molecule is CCCCCCCC(=O)N(C)Cc1cccc(-c2ccc(CC(Nc3ccccc3C(=O)c3ccccc3)C(=O)O)cc2)c1. The van der Waals surface area contributed by atoms with E-state index in [-0.39, 0.29) is 18.1 Å². The number of carboxylic acid groups (broad SMARTS) is 1. The maximum atomic E-state index is 13.1. The minimum absolute atomic E-state index is 0.164. The summed E-state index contributed by atoms with van der Waals surface area (Å²) in [5, 5.41) is 13.1. The van der Waals surface area contributed by atoms with E-state index in [1.807, 2.05) is 55.6 Å². The van der Waals surface area contributed by atoms with Crippen molar-refractivity contribution in [3.8, 4) is 11.1 Å². The quantitative estimate of drug-likeness (QED) is 0.102. The summed E-state index contributed by atoms with van der Waals surface area (Å²) in [6.45, 7) is 2.74. The van der Waals surface area contributed by atoms with Crippen LogP contribution < -0.4 is 5.32 Å². The van der Waals surface area contributed by atoms with Gasteiger partial charge in [-0.3, -0.25) is 9.59 Å². The number of aliphatic carboxylic acids is 1. The zero-order valence-electron chi connectivity index (χ0n) is 25.7. The fraction of sp³-hybridized carbons (Fsp3) is 0.289. The highest BCUT2D eigenvalue weighted by molar-refractivity contribution is 6.12. The number of carbonyl (C=O) groups is 3. The first kappa shape index (κ1) is 32.2. The Labute approximate surface area is 260 Å². The Balaban J connectivity index is 1.39. The summed E-state index contributed by atoms with van der Waals surface area (Å²) in [5.74, 6) is -0.990. The molecular weight excluding hydrogens is 548 g/mol. The number of ketones is 1. The van der Waals surface area contributed by atoms with Crippen LogP contribution in [0.15, 0.2) is 103 Å². The topological polar surface area (TPSA) is 86.7 Å². The Kier molecular flexibility index (Phi) is 11.9. The van der Waals surface area contributed by atoms with E-state index in [9.17, 15) is 19.5 Å². The fourth-order valence-corrected chi connectivity index (χ4v) is 5.29. The van der Waals surface area contributed by atoms with Crippen molar-refractivity contribution in [2.45, 2.75) is 64.5 Å². The van der Waals surface area contributed by atoms with E-state index < -0.39 is 12.0 Å². The van der Waals surface area contributed by atoms with Crippen molar-refractivity contribution < 1.29 is 19.5 Å². The Morgan fingerprint density at radius 1 is 0.750 bits per heavy atom. The van der Waals surface area contributed by atoms with Crippen molar-refractivity contribution in [1.29, 1.82) is 0 Å². The summed E-state index contributed by atoms with van der Waals surface area (Å²) < 4.78 is 0. The van der Waals surface area contributed by atoms with Gasteiger partial charge in [0.2, 0.25) is 5.91 Å². The highest BCUT2D eigenvalue weighted by Crippen LogP contribution is 2.24. The molecule has 0 aromatic heterocycles. The molecule has 0 aliphatic carbocycles. The summed E-state index contributed by atoms with van der Waals surface area (Å²) in [4.78, 5) is 39.8. The van der Waals surface area contributed by atoms with Crippen LogP contribution in [-0.4, -0.2) is 40.8 Å². The summed E-state index contributed by atoms with van der Waals surface area (Å²) in [5.41, 5.74) is 5.44. The van der Waals surface area contributed by atoms with Crippen LogP contribution in [0.5, 0.6) is 0 Å². The van der Waals surface area contributed by atoms with Crippen molar-refractivity contribution in [1.82, 2.24) is 4.90 Å². The maximum absolute atomic E-state index is 13.1. The van der Waals surface area contributed by atoms with E-state index in [1.165, 1.54) is 19.3 Å². The molecule has 0 bridgehead atoms. The van der Waals surface area contributed by atoms with Gasteiger partial charge in [0.05, 0.1) is 0 Å². The smallest absolute Gasteiger partial charge is 0.326 e. The molecule has 0 radical (unpaired) electrons. The first-order valence-corrected chi connectivity index (χ1v) is 15.5. The van der Waals surface area contributed by atoms with E-state index in [4.69, 9.17) is 0 Å². The number of nitrogens with zero attached hydrogens (tertiary/aromatic N) is 1. The van der Waals surface area contributed by atoms with Gasteiger partial charge in [-0.05, 0) is 46.9 Å². The van der Waals surface area contributed by atoms with Gasteiger partial charge in [-0.2, -0.15) is 0 Å². The molecule has 0 aliphatic heterocycles. The third-order valence-electron chi connectivity index (χ3n) is 7.83. The second kappa shape index (κ2) is 16.2. The summed E-state index contributed by atoms with van der Waals surface area (Å²) in [6, 6.07) is 31.1. The lowest BCUT2D eigenvalue weighted by atomic mass is 9.98. The molecule has 0 spiro atoms. The second-order valence-corrected chi connectivity index (χ2v) is 11.3. The van der Waals surface area contributed by atoms with Crippen LogP contribution in [0.3, 0.4) is 0 Å². The second-order valence-electron chi connectivity index (χ2n) is 11.3. The van der Waals surface area contributed by atoms with Gasteiger partial charge in [0, 0.05) is 43.2 Å². The van der Waals surface area contributed by atoms with Gasteiger partial charge >= 0.3 is 5.97 Å². The predicted octanol–water partition coefficient (Wildman–Crippen LogP) is 8.01. The molecule has 4 rings (SSSR count). The zero-order chi connectivity index (χ0) is 31.3. The zero-order valence-corrected chi connectivity index (χ0v) is 25.7. The van der Waals surface area contributed by atoms with Crippen molar-refractivity contribution in [2.24, 2.45) is 0 Å². The largest absolute Gasteiger partial charge is 0.480 e. The van der Waals surface area contributed by atoms with Crippen molar-refractivity contribution >= 4 is 23.3 Å². The molecule has 0 aliphatic rings. The lowest BCUT2D eigenvalue weighted by Gasteiger charge is -2.19. The third-order valence-corrected chi connectivity index (χ3v) is 7.83. The number of hydrogen-bond acceptors (Lipinski definition) is 4. The molecule has 4 aromatic carbocycles. The average molecular weight is 591 g/mol. The molecule has 0 saturated carbocycles. The molecular formula is C38H42N2O4. The molecule has 0 fully saturated rings. The van der Waals surface area contributed by atoms with E-state index in [2.05, 4.69) is 18.3 Å². The molecule has 1 amide bonds. The first-order chi connectivity index (χ1) is 21.4. The number of carboxylic acids is 1. The molecule has 228 valence electrons. The van der Waals surface area contributed by atoms with Crippen LogP contribution in [-0.2, 0) is 22.6 Å². The normalized spacial score (nSPS) is 11.5. The minimum Gasteiger partial charge on any atom is -0.480 e. The molecule has 1 atom stereocenters. The molecule has 1 unspecified atom stereocenters. The van der Waals surface area contributed by atoms with Gasteiger partial charge in [-0.25, -0.2) is 4.79 Å². The maximum Gasteiger partial charge on any atom is 0.326 e. The standard InChI is InChI=1S/C38H42N2O4/c1-3-4-5-6-10-20-36(41)40(2)27-29-14-13-17-32(25-29)30-23-21-28(22-24-30)26-35(38(43)44)39-34-19-12-11-18-33(34)37(42)31-15-8-7-9-16-31/h7-9,11-19,21-25,35,39H,3-6,10,20,26-27H2,1-2H3,(H,43,44). The molecule has 0 heterocycles. The van der Waals surface area contributed by atoms with Gasteiger partial charge in [-0.15, -0.1) is 0 Å². The summed E-state index contributed by atoms with van der Waals surface area (Å²) in [7, 11) is 1.86. The fourth-order valence-electron chi connectivity index (χ4n) is 5.29. The number of para-hydroxylation sites is 1. The van der Waals surface area contributed by atoms with E-state index in [0.29, 0.717) is 29.8 Å². The van der Waals surface area contributed by atoms with Crippen LogP contribution in [0.2, 0.25) is 0 Å². The lowest BCUT2D eigenvalue weighted by Crippen LogP contribution is -2.32. The average Bonchev–Trinajstić information content (AvgIpc) is 3.05. The van der Waals surface area contributed by atoms with Crippen molar-refractivity contribution in [3.63, 3.8) is 0 Å². The Hall–Kier alpha value is -4.71. The van der Waals surface area contributed by atoms with Crippen LogP contribution in [0.25, 0.3) is 11.1 Å². The number of nitrogens with one attached hydrogen (secondary N) is 1. The summed E-state index contributed by atoms with van der Waals surface area (Å²) in [6.07, 6.45) is 6.47. The highest BCUT2D eigenvalue weighted by atomic mass is 16.4. The molecule has 0 saturated heterocycles. The number of anilines is 1. The molecule has 6 nitrogen and oxygen atoms in total. The summed E-state index contributed by atoms with van der Waals surface area (Å²) >= 11 is 0. The predicted molar refractivity (Wildman–Crippen MR) is 177 cm³/mol. The van der Waals surface area contributed by atoms with Gasteiger partial charge in [0.1, 0.15) is 6.04 Å². The number of carbonyl (C=O) groups excluding carboxylic acids is 2. The Morgan fingerprint density at radius 2 is 1.45 bits per heavy atom.